The number of imidazole rings is 1. The summed E-state index contributed by atoms with van der Waals surface area (Å²) in [5.74, 6) is 1.05. The molecule has 0 saturated heterocycles. The average Bonchev–Trinajstić information content (AvgIpc) is 3.66. The number of nitrogens with one attached hydrogen (secondary N) is 1. The molecule has 0 radical (unpaired) electrons. The first-order valence-corrected chi connectivity index (χ1v) is 12.0. The second kappa shape index (κ2) is 11.5. The lowest BCUT2D eigenvalue weighted by Crippen LogP contribution is -2.41. The largest absolute Gasteiger partial charge is 0.493 e. The van der Waals surface area contributed by atoms with Crippen LogP contribution in [-0.2, 0) is 14.3 Å². The van der Waals surface area contributed by atoms with E-state index in [1.807, 2.05) is 24.4 Å². The van der Waals surface area contributed by atoms with Crippen LogP contribution in [0.5, 0.6) is 11.5 Å². The Kier molecular flexibility index (Phi) is 8.12. The highest BCUT2D eigenvalue weighted by Crippen LogP contribution is 2.33. The van der Waals surface area contributed by atoms with E-state index in [0.29, 0.717) is 47.0 Å². The number of aromatic nitrogens is 2. The molecule has 4 rings (SSSR count). The van der Waals surface area contributed by atoms with E-state index in [-0.39, 0.29) is 24.3 Å². The Morgan fingerprint density at radius 3 is 2.44 bits per heavy atom. The zero-order valence-electron chi connectivity index (χ0n) is 20.5. The molecule has 2 amide bonds. The summed E-state index contributed by atoms with van der Waals surface area (Å²) in [6.45, 7) is 0.611. The first kappa shape index (κ1) is 25.5. The molecule has 1 heterocycles. The van der Waals surface area contributed by atoms with Crippen LogP contribution in [-0.4, -0.2) is 67.3 Å². The zero-order valence-corrected chi connectivity index (χ0v) is 21.2. The van der Waals surface area contributed by atoms with Gasteiger partial charge in [0.15, 0.2) is 11.5 Å². The van der Waals surface area contributed by atoms with E-state index in [1.165, 1.54) is 0 Å². The van der Waals surface area contributed by atoms with Crippen molar-refractivity contribution < 1.29 is 23.8 Å². The maximum absolute atomic E-state index is 13.1. The summed E-state index contributed by atoms with van der Waals surface area (Å²) in [5.41, 5.74) is 2.18. The number of hydrogen-bond acceptors (Lipinski definition) is 6. The Morgan fingerprint density at radius 1 is 1.08 bits per heavy atom. The number of benzene rings is 2. The summed E-state index contributed by atoms with van der Waals surface area (Å²) in [6, 6.07) is 12.7. The quantitative estimate of drug-likeness (QED) is 0.417. The number of halogens is 1. The van der Waals surface area contributed by atoms with Crippen LogP contribution in [0.3, 0.4) is 0 Å². The zero-order chi connectivity index (χ0) is 25.7. The molecule has 1 saturated carbocycles. The molecule has 0 atom stereocenters. The van der Waals surface area contributed by atoms with Crippen molar-refractivity contribution in [1.29, 1.82) is 0 Å². The predicted molar refractivity (Wildman–Crippen MR) is 137 cm³/mol. The number of amides is 2. The minimum Gasteiger partial charge on any atom is -0.493 e. The van der Waals surface area contributed by atoms with Crippen molar-refractivity contribution in [2.24, 2.45) is 5.92 Å². The molecule has 0 spiro atoms. The van der Waals surface area contributed by atoms with E-state index in [1.54, 1.807) is 55.1 Å². The average molecular weight is 513 g/mol. The van der Waals surface area contributed by atoms with Gasteiger partial charge in [-0.3, -0.25) is 19.5 Å². The summed E-state index contributed by atoms with van der Waals surface area (Å²) < 4.78 is 17.7. The van der Waals surface area contributed by atoms with Gasteiger partial charge in [-0.25, -0.2) is 4.98 Å². The summed E-state index contributed by atoms with van der Waals surface area (Å²) in [6.07, 6.45) is 3.54. The molecule has 10 heteroatoms. The molecule has 9 nitrogen and oxygen atoms in total. The van der Waals surface area contributed by atoms with Crippen molar-refractivity contribution in [3.8, 4) is 28.4 Å². The number of carbonyl (C=O) groups excluding carboxylic acids is 2. The van der Waals surface area contributed by atoms with Gasteiger partial charge in [0.2, 0.25) is 17.8 Å². The maximum atomic E-state index is 13.1. The molecule has 36 heavy (non-hydrogen) atoms. The molecule has 3 aromatic rings. The molecule has 1 aliphatic carbocycles. The van der Waals surface area contributed by atoms with E-state index >= 15 is 0 Å². The Hall–Kier alpha value is -3.56. The van der Waals surface area contributed by atoms with E-state index in [9.17, 15) is 9.59 Å². The molecule has 190 valence electrons. The van der Waals surface area contributed by atoms with Gasteiger partial charge in [0.05, 0.1) is 32.2 Å². The second-order valence-corrected chi connectivity index (χ2v) is 8.88. The lowest BCUT2D eigenvalue weighted by Gasteiger charge is -2.22. The summed E-state index contributed by atoms with van der Waals surface area (Å²) in [4.78, 5) is 32.0. The van der Waals surface area contributed by atoms with Crippen molar-refractivity contribution in [2.45, 2.75) is 12.8 Å². The Morgan fingerprint density at radius 2 is 1.81 bits per heavy atom. The van der Waals surface area contributed by atoms with Gasteiger partial charge in [-0.1, -0.05) is 23.7 Å². The van der Waals surface area contributed by atoms with Crippen molar-refractivity contribution >= 4 is 29.4 Å². The SMILES string of the molecule is COCCN(CC(=O)Nc1nc(-c2ccc(Cl)cc2)cn1-c1ccc(OC)c(OC)c1)C(=O)C1CC1. The van der Waals surface area contributed by atoms with Crippen LogP contribution in [0.1, 0.15) is 12.8 Å². The molecular formula is C26H29ClN4O5. The van der Waals surface area contributed by atoms with Gasteiger partial charge < -0.3 is 19.1 Å². The van der Waals surface area contributed by atoms with Crippen LogP contribution in [0.4, 0.5) is 5.95 Å². The smallest absolute Gasteiger partial charge is 0.246 e. The lowest BCUT2D eigenvalue weighted by atomic mass is 10.2. The van der Waals surface area contributed by atoms with E-state index in [4.69, 9.17) is 25.8 Å². The van der Waals surface area contributed by atoms with Crippen molar-refractivity contribution in [3.05, 3.63) is 53.7 Å². The summed E-state index contributed by atoms with van der Waals surface area (Å²) >= 11 is 6.05. The molecule has 0 aliphatic heterocycles. The third-order valence-corrected chi connectivity index (χ3v) is 6.13. The fourth-order valence-corrected chi connectivity index (χ4v) is 3.92. The highest BCUT2D eigenvalue weighted by Gasteiger charge is 2.34. The Labute approximate surface area is 214 Å². The highest BCUT2D eigenvalue weighted by molar-refractivity contribution is 6.30. The Bertz CT molecular complexity index is 1220. The van der Waals surface area contributed by atoms with Crippen LogP contribution in [0.15, 0.2) is 48.7 Å². The molecule has 0 unspecified atom stereocenters. The number of nitrogens with zero attached hydrogens (tertiary/aromatic N) is 3. The molecule has 1 N–H and O–H groups in total. The van der Waals surface area contributed by atoms with Crippen LogP contribution in [0.2, 0.25) is 5.02 Å². The maximum Gasteiger partial charge on any atom is 0.246 e. The van der Waals surface area contributed by atoms with Crippen LogP contribution >= 0.6 is 11.6 Å². The molecule has 2 aromatic carbocycles. The molecule has 1 aromatic heterocycles. The van der Waals surface area contributed by atoms with Gasteiger partial charge in [-0.15, -0.1) is 0 Å². The third-order valence-electron chi connectivity index (χ3n) is 5.88. The fraction of sp³-hybridized carbons (Fsp3) is 0.346. The van der Waals surface area contributed by atoms with Crippen molar-refractivity contribution in [1.82, 2.24) is 14.5 Å². The van der Waals surface area contributed by atoms with Gasteiger partial charge in [0, 0.05) is 42.4 Å². The number of rotatable bonds is 11. The van der Waals surface area contributed by atoms with E-state index in [0.717, 1.165) is 18.4 Å². The molecule has 1 fully saturated rings. The predicted octanol–water partition coefficient (Wildman–Crippen LogP) is 4.03. The standard InChI is InChI=1S/C26H29ClN4O5/c1-34-13-12-30(25(33)18-4-5-18)16-24(32)29-26-28-21(17-6-8-19(27)9-7-17)15-31(26)20-10-11-22(35-2)23(14-20)36-3/h6-11,14-15,18H,4-5,12-13,16H2,1-3H3,(H,28,29,32). The van der Waals surface area contributed by atoms with E-state index in [2.05, 4.69) is 10.3 Å². The van der Waals surface area contributed by atoms with Gasteiger partial charge in [0.1, 0.15) is 6.54 Å². The van der Waals surface area contributed by atoms with Crippen molar-refractivity contribution in [2.75, 3.05) is 46.3 Å². The first-order valence-electron chi connectivity index (χ1n) is 11.6. The number of anilines is 1. The van der Waals surface area contributed by atoms with Gasteiger partial charge in [0.25, 0.3) is 0 Å². The fourth-order valence-electron chi connectivity index (χ4n) is 3.79. The van der Waals surface area contributed by atoms with Crippen molar-refractivity contribution in [3.63, 3.8) is 0 Å². The molecular weight excluding hydrogens is 484 g/mol. The normalized spacial score (nSPS) is 12.8. The number of hydrogen-bond donors (Lipinski definition) is 1. The highest BCUT2D eigenvalue weighted by atomic mass is 35.5. The Balaban J connectivity index is 1.64. The number of ether oxygens (including phenoxy) is 3. The lowest BCUT2D eigenvalue weighted by molar-refractivity contribution is -0.136. The second-order valence-electron chi connectivity index (χ2n) is 8.44. The monoisotopic (exact) mass is 512 g/mol. The topological polar surface area (TPSA) is 94.9 Å². The van der Waals surface area contributed by atoms with Crippen LogP contribution in [0.25, 0.3) is 16.9 Å². The van der Waals surface area contributed by atoms with Crippen LogP contribution < -0.4 is 14.8 Å². The van der Waals surface area contributed by atoms with Gasteiger partial charge >= 0.3 is 0 Å². The number of carbonyl (C=O) groups is 2. The minimum atomic E-state index is -0.352. The number of methoxy groups -OCH3 is 3. The van der Waals surface area contributed by atoms with Gasteiger partial charge in [-0.2, -0.15) is 0 Å². The van der Waals surface area contributed by atoms with E-state index < -0.39 is 0 Å². The third kappa shape index (κ3) is 5.98. The molecule has 0 bridgehead atoms. The summed E-state index contributed by atoms with van der Waals surface area (Å²) in [7, 11) is 4.69. The first-order chi connectivity index (χ1) is 17.4. The van der Waals surface area contributed by atoms with Crippen LogP contribution in [0, 0.1) is 5.92 Å². The minimum absolute atomic E-state index is 0.0000799. The molecule has 1 aliphatic rings. The van der Waals surface area contributed by atoms with Gasteiger partial charge in [-0.05, 0) is 37.1 Å². The summed E-state index contributed by atoms with van der Waals surface area (Å²) in [5, 5.41) is 3.49.